The first-order valence-electron chi connectivity index (χ1n) is 7.65. The van der Waals surface area contributed by atoms with Crippen molar-refractivity contribution in [3.63, 3.8) is 0 Å². The van der Waals surface area contributed by atoms with Crippen molar-refractivity contribution in [1.82, 2.24) is 4.57 Å². The van der Waals surface area contributed by atoms with Crippen LogP contribution in [-0.4, -0.2) is 9.67 Å². The first-order chi connectivity index (χ1) is 11.6. The zero-order chi connectivity index (χ0) is 17.1. The zero-order valence-electron chi connectivity index (χ0n) is 13.2. The van der Waals surface area contributed by atoms with E-state index in [2.05, 4.69) is 23.6 Å². The molecule has 0 amide bonds. The van der Waals surface area contributed by atoms with Gasteiger partial charge < -0.3 is 9.67 Å². The largest absolute Gasteiger partial charge is 0.392 e. The van der Waals surface area contributed by atoms with E-state index in [9.17, 15) is 5.11 Å². The monoisotopic (exact) mass is 377 g/mol. The summed E-state index contributed by atoms with van der Waals surface area (Å²) < 4.78 is 2.21. The Hall–Kier alpha value is -1.39. The summed E-state index contributed by atoms with van der Waals surface area (Å²) in [5.41, 5.74) is 3.06. The molecular formula is C19H17Cl2NOS. The van der Waals surface area contributed by atoms with Crippen LogP contribution in [0.4, 0.5) is 0 Å². The fraction of sp³-hybridized carbons (Fsp3) is 0.158. The first-order valence-corrected chi connectivity index (χ1v) is 9.22. The number of hydrogen-bond acceptors (Lipinski definition) is 2. The minimum absolute atomic E-state index is 0.00108. The highest BCUT2D eigenvalue weighted by Gasteiger charge is 2.16. The molecule has 0 saturated heterocycles. The van der Waals surface area contributed by atoms with Crippen molar-refractivity contribution in [3.8, 4) is 11.3 Å². The molecule has 0 atom stereocenters. The zero-order valence-corrected chi connectivity index (χ0v) is 15.5. The summed E-state index contributed by atoms with van der Waals surface area (Å²) in [5, 5.41) is 12.1. The third-order valence-electron chi connectivity index (χ3n) is 3.73. The lowest BCUT2D eigenvalue weighted by atomic mass is 10.1. The van der Waals surface area contributed by atoms with Crippen LogP contribution >= 0.6 is 35.0 Å². The summed E-state index contributed by atoms with van der Waals surface area (Å²) in [4.78, 5) is 0.976. The first kappa shape index (κ1) is 17.4. The van der Waals surface area contributed by atoms with Gasteiger partial charge in [0.2, 0.25) is 0 Å². The Morgan fingerprint density at radius 3 is 2.25 bits per heavy atom. The second-order valence-corrected chi connectivity index (χ2v) is 7.30. The maximum Gasteiger partial charge on any atom is 0.0805 e. The number of nitrogens with zero attached hydrogens (tertiary/aromatic N) is 1. The lowest BCUT2D eigenvalue weighted by Gasteiger charge is -2.12. The molecule has 1 heterocycles. The number of aliphatic hydroxyl groups excluding tert-OH is 1. The summed E-state index contributed by atoms with van der Waals surface area (Å²) in [6.45, 7) is 2.91. The number of hydrogen-bond donors (Lipinski definition) is 1. The van der Waals surface area contributed by atoms with Gasteiger partial charge in [-0.25, -0.2) is 0 Å². The van der Waals surface area contributed by atoms with E-state index in [1.54, 1.807) is 17.8 Å². The topological polar surface area (TPSA) is 25.2 Å². The smallest absolute Gasteiger partial charge is 0.0805 e. The number of aromatic nitrogens is 1. The van der Waals surface area contributed by atoms with Crippen LogP contribution in [0.2, 0.25) is 10.0 Å². The van der Waals surface area contributed by atoms with E-state index in [4.69, 9.17) is 23.2 Å². The molecule has 2 aromatic carbocycles. The van der Waals surface area contributed by atoms with Crippen LogP contribution in [0.5, 0.6) is 0 Å². The van der Waals surface area contributed by atoms with E-state index in [1.165, 1.54) is 0 Å². The lowest BCUT2D eigenvalue weighted by molar-refractivity contribution is 0.282. The van der Waals surface area contributed by atoms with Gasteiger partial charge in [0.05, 0.1) is 17.3 Å². The van der Waals surface area contributed by atoms with Crippen LogP contribution in [0.3, 0.4) is 0 Å². The number of aliphatic hydroxyl groups is 1. The molecule has 24 heavy (non-hydrogen) atoms. The van der Waals surface area contributed by atoms with Crippen molar-refractivity contribution in [3.05, 3.63) is 70.2 Å². The van der Waals surface area contributed by atoms with Gasteiger partial charge in [-0.3, -0.25) is 0 Å². The Bertz CT molecular complexity index is 826. The SMILES string of the molecule is CCn1c(Sc2cc(Cl)cc(Cl)c2)cc(CO)c1-c1ccccc1. The van der Waals surface area contributed by atoms with E-state index >= 15 is 0 Å². The number of halogens is 2. The normalized spacial score (nSPS) is 11.0. The summed E-state index contributed by atoms with van der Waals surface area (Å²) in [7, 11) is 0. The Kier molecular flexibility index (Phi) is 5.57. The second kappa shape index (κ2) is 7.66. The van der Waals surface area contributed by atoms with Gasteiger partial charge in [0, 0.05) is 27.0 Å². The van der Waals surface area contributed by atoms with Gasteiger partial charge in [-0.1, -0.05) is 65.3 Å². The lowest BCUT2D eigenvalue weighted by Crippen LogP contribution is -2.00. The van der Waals surface area contributed by atoms with Gasteiger partial charge in [0.1, 0.15) is 0 Å². The maximum atomic E-state index is 9.80. The Morgan fingerprint density at radius 2 is 1.67 bits per heavy atom. The van der Waals surface area contributed by atoms with Crippen LogP contribution in [0.1, 0.15) is 12.5 Å². The fourth-order valence-electron chi connectivity index (χ4n) is 2.74. The molecule has 0 aliphatic heterocycles. The number of benzene rings is 2. The molecule has 3 aromatic rings. The van der Waals surface area contributed by atoms with Gasteiger partial charge in [-0.2, -0.15) is 0 Å². The third kappa shape index (κ3) is 3.65. The molecule has 2 nitrogen and oxygen atoms in total. The summed E-state index contributed by atoms with van der Waals surface area (Å²) >= 11 is 13.8. The average Bonchev–Trinajstić information content (AvgIpc) is 2.92. The van der Waals surface area contributed by atoms with Crippen molar-refractivity contribution in [2.75, 3.05) is 0 Å². The molecule has 0 unspecified atom stereocenters. The van der Waals surface area contributed by atoms with Crippen molar-refractivity contribution in [2.45, 2.75) is 30.0 Å². The van der Waals surface area contributed by atoms with Gasteiger partial charge in [-0.15, -0.1) is 0 Å². The molecule has 124 valence electrons. The highest BCUT2D eigenvalue weighted by molar-refractivity contribution is 7.99. The minimum atomic E-state index is 0.00108. The molecule has 3 rings (SSSR count). The quantitative estimate of drug-likeness (QED) is 0.578. The van der Waals surface area contributed by atoms with Crippen LogP contribution in [-0.2, 0) is 13.2 Å². The highest BCUT2D eigenvalue weighted by atomic mass is 35.5. The van der Waals surface area contributed by atoms with Crippen LogP contribution in [0.15, 0.2) is 64.5 Å². The fourth-order valence-corrected chi connectivity index (χ4v) is 4.54. The molecular weight excluding hydrogens is 361 g/mol. The third-order valence-corrected chi connectivity index (χ3v) is 5.19. The van der Waals surface area contributed by atoms with E-state index in [0.717, 1.165) is 33.3 Å². The van der Waals surface area contributed by atoms with Crippen molar-refractivity contribution < 1.29 is 5.11 Å². The van der Waals surface area contributed by atoms with E-state index < -0.39 is 0 Å². The van der Waals surface area contributed by atoms with E-state index in [0.29, 0.717) is 10.0 Å². The maximum absolute atomic E-state index is 9.80. The van der Waals surface area contributed by atoms with E-state index in [1.807, 2.05) is 36.4 Å². The molecule has 0 aliphatic carbocycles. The van der Waals surface area contributed by atoms with Gasteiger partial charge in [-0.05, 0) is 36.8 Å². The van der Waals surface area contributed by atoms with Crippen molar-refractivity contribution >= 4 is 35.0 Å². The summed E-state index contributed by atoms with van der Waals surface area (Å²) in [5.74, 6) is 0. The van der Waals surface area contributed by atoms with Crippen molar-refractivity contribution in [1.29, 1.82) is 0 Å². The van der Waals surface area contributed by atoms with Gasteiger partial charge in [0.15, 0.2) is 0 Å². The summed E-state index contributed by atoms with van der Waals surface area (Å²) in [6, 6.07) is 17.7. The molecule has 0 spiro atoms. The van der Waals surface area contributed by atoms with Crippen LogP contribution < -0.4 is 0 Å². The minimum Gasteiger partial charge on any atom is -0.392 e. The molecule has 0 bridgehead atoms. The van der Waals surface area contributed by atoms with E-state index in [-0.39, 0.29) is 6.61 Å². The van der Waals surface area contributed by atoms with Gasteiger partial charge in [0.25, 0.3) is 0 Å². The molecule has 5 heteroatoms. The predicted octanol–water partition coefficient (Wildman–Crippen LogP) is 6.13. The predicted molar refractivity (Wildman–Crippen MR) is 102 cm³/mol. The highest BCUT2D eigenvalue weighted by Crippen LogP contribution is 2.37. The molecule has 1 N–H and O–H groups in total. The standard InChI is InChI=1S/C19H17Cl2NOS/c1-2-22-18(24-17-10-15(20)9-16(21)11-17)8-14(12-23)19(22)13-6-4-3-5-7-13/h3-11,23H,2,12H2,1H3. The number of rotatable bonds is 5. The molecule has 1 aromatic heterocycles. The molecule has 0 fully saturated rings. The van der Waals surface area contributed by atoms with Crippen LogP contribution in [0, 0.1) is 0 Å². The molecule has 0 aliphatic rings. The van der Waals surface area contributed by atoms with Crippen molar-refractivity contribution in [2.24, 2.45) is 0 Å². The van der Waals surface area contributed by atoms with Gasteiger partial charge >= 0.3 is 0 Å². The Balaban J connectivity index is 2.07. The second-order valence-electron chi connectivity index (χ2n) is 5.33. The average molecular weight is 378 g/mol. The Labute approximate surface area is 156 Å². The molecule has 0 saturated carbocycles. The molecule has 0 radical (unpaired) electrons. The van der Waals surface area contributed by atoms with Crippen LogP contribution in [0.25, 0.3) is 11.3 Å². The summed E-state index contributed by atoms with van der Waals surface area (Å²) in [6.07, 6.45) is 0. The Morgan fingerprint density at radius 1 is 1.00 bits per heavy atom.